The molecule has 0 radical (unpaired) electrons. The molecule has 8 fully saturated rings. The summed E-state index contributed by atoms with van der Waals surface area (Å²) >= 11 is -7.02. The number of piperazine rings is 4. The van der Waals surface area contributed by atoms with Gasteiger partial charge in [-0.05, 0) is 191 Å². The van der Waals surface area contributed by atoms with E-state index in [2.05, 4.69) is 52.6 Å². The number of carbonyl (C=O) groups is 7. The highest BCUT2D eigenvalue weighted by Gasteiger charge is 2.33. The molecule has 0 bridgehead atoms. The van der Waals surface area contributed by atoms with Crippen molar-refractivity contribution in [2.45, 2.75) is 160 Å². The number of carbonyl (C=O) groups excluding carboxylic acids is 6. The van der Waals surface area contributed by atoms with Crippen LogP contribution in [0.2, 0.25) is 0 Å². The first-order valence-electron chi connectivity index (χ1n) is 44.5. The van der Waals surface area contributed by atoms with Crippen molar-refractivity contribution in [2.24, 2.45) is 0 Å². The second-order valence-corrected chi connectivity index (χ2v) is 34.3. The van der Waals surface area contributed by atoms with E-state index in [-0.39, 0.29) is 70.2 Å². The standard InChI is InChI=1S/4C20H26F2N4O2.C4H9NO3S.C3H6O4S.C2H4O4S/c4*21-14-10-15(22)12-16(11-14)25-20(27)19(28-17-4-2-1-3-5-17)18(13-23)26-8-6-24-7-9-26;1-2-5-4(6)3-9(7)8;1-7-3(4)2-8(5)6;3-2(4)1-7(5)6/h4*10-13,17,23-24H,1-9H2,(H,25,27);2-3H2,1H3,(H,5,6)(H,7,8);2H2,1H3,(H,5,6);1H2,(H,3,4)(H,5,6)/p-3/b4*19-18-,23-13?;;;. The minimum atomic E-state index is -2.45. The summed E-state index contributed by atoms with van der Waals surface area (Å²) in [6.45, 7) is 13.3. The maximum absolute atomic E-state index is 13.5. The van der Waals surface area contributed by atoms with Crippen LogP contribution >= 0.6 is 0 Å². The first-order chi connectivity index (χ1) is 65.2. The number of hydrogen-bond acceptors (Lipinski definition) is 30. The zero-order valence-electron chi connectivity index (χ0n) is 75.7. The second-order valence-electron chi connectivity index (χ2n) is 31.6. The molecule has 8 aliphatic rings. The van der Waals surface area contributed by atoms with Gasteiger partial charge in [0.15, 0.2) is 0 Å². The largest absolute Gasteiger partial charge is 0.772 e. The minimum absolute atomic E-state index is 0.0110. The van der Waals surface area contributed by atoms with Crippen LogP contribution in [-0.2, 0) is 90.5 Å². The molecule has 4 saturated carbocycles. The van der Waals surface area contributed by atoms with Gasteiger partial charge < -0.3 is 132 Å². The fraction of sp³-hybridized carbons (Fsp3) is 0.517. The number of nitrogens with zero attached hydrogens (tertiary/aromatic N) is 4. The molecule has 3 atom stereocenters. The molecule has 47 heteroatoms. The van der Waals surface area contributed by atoms with Crippen LogP contribution in [0.5, 0.6) is 0 Å². The molecule has 12 rings (SSSR count). The Kier molecular flexibility index (Phi) is 52.2. The van der Waals surface area contributed by atoms with E-state index < -0.39 is 139 Å². The number of carboxylic acid groups (broad SMARTS) is 1. The van der Waals surface area contributed by atoms with Gasteiger partial charge in [0.05, 0.1) is 37.3 Å². The van der Waals surface area contributed by atoms with Crippen LogP contribution in [0.4, 0.5) is 57.9 Å². The van der Waals surface area contributed by atoms with Gasteiger partial charge in [0.25, 0.3) is 23.6 Å². The number of amides is 5. The number of halogens is 8. The minimum Gasteiger partial charge on any atom is -0.772 e. The summed E-state index contributed by atoms with van der Waals surface area (Å²) < 4.78 is 194. The van der Waals surface area contributed by atoms with E-state index in [1.807, 2.05) is 19.6 Å². The number of aliphatic carboxylic acids is 1. The lowest BCUT2D eigenvalue weighted by Crippen LogP contribution is -2.44. The van der Waals surface area contributed by atoms with Crippen LogP contribution in [0.1, 0.15) is 135 Å². The first kappa shape index (κ1) is 114. The summed E-state index contributed by atoms with van der Waals surface area (Å²) in [6, 6.07) is 11.4. The maximum atomic E-state index is 13.5. The molecule has 136 heavy (non-hydrogen) atoms. The van der Waals surface area contributed by atoms with Gasteiger partial charge in [-0.25, -0.2) is 35.1 Å². The van der Waals surface area contributed by atoms with Crippen molar-refractivity contribution < 1.29 is 124 Å². The van der Waals surface area contributed by atoms with Gasteiger partial charge in [-0.15, -0.1) is 0 Å². The Morgan fingerprint density at radius 1 is 0.368 bits per heavy atom. The lowest BCUT2D eigenvalue weighted by atomic mass is 9.98. The van der Waals surface area contributed by atoms with Gasteiger partial charge in [0.2, 0.25) is 28.9 Å². The highest BCUT2D eigenvalue weighted by molar-refractivity contribution is 7.80. The summed E-state index contributed by atoms with van der Waals surface area (Å²) in [5.41, 5.74) is 1.60. The summed E-state index contributed by atoms with van der Waals surface area (Å²) in [7, 11) is 1.13. The van der Waals surface area contributed by atoms with Gasteiger partial charge in [-0.1, -0.05) is 25.7 Å². The van der Waals surface area contributed by atoms with Crippen LogP contribution in [0.25, 0.3) is 0 Å². The number of allylic oxidation sites excluding steroid dienone is 4. The van der Waals surface area contributed by atoms with Crippen molar-refractivity contribution in [3.63, 3.8) is 0 Å². The summed E-state index contributed by atoms with van der Waals surface area (Å²) in [5.74, 6) is -12.8. The summed E-state index contributed by atoms with van der Waals surface area (Å²) in [6.07, 6.45) is 23.7. The number of hydrogen-bond donors (Lipinski definition) is 14. The average Bonchev–Trinajstić information content (AvgIpc) is 0.837. The zero-order chi connectivity index (χ0) is 99.4. The van der Waals surface area contributed by atoms with E-state index in [4.69, 9.17) is 45.7 Å². The van der Waals surface area contributed by atoms with Crippen molar-refractivity contribution in [1.82, 2.24) is 46.2 Å². The van der Waals surface area contributed by atoms with Crippen molar-refractivity contribution >= 4 is 122 Å². The molecule has 5 amide bonds. The van der Waals surface area contributed by atoms with Crippen LogP contribution in [-0.4, -0.2) is 277 Å². The highest BCUT2D eigenvalue weighted by Crippen LogP contribution is 2.32. The molecule has 4 aromatic rings. The molecule has 36 nitrogen and oxygen atoms in total. The smallest absolute Gasteiger partial charge is 0.317 e. The van der Waals surface area contributed by atoms with Crippen molar-refractivity contribution in [3.8, 4) is 0 Å². The Morgan fingerprint density at radius 2 is 0.574 bits per heavy atom. The van der Waals surface area contributed by atoms with Crippen LogP contribution in [0, 0.1) is 68.2 Å². The molecule has 4 aromatic carbocycles. The Morgan fingerprint density at radius 3 is 0.728 bits per heavy atom. The van der Waals surface area contributed by atoms with Crippen LogP contribution < -0.4 is 47.9 Å². The Bertz CT molecular complexity index is 4220. The third-order valence-electron chi connectivity index (χ3n) is 21.3. The molecule has 4 aliphatic heterocycles. The number of methoxy groups -OCH3 is 1. The van der Waals surface area contributed by atoms with Gasteiger partial charge in [0.1, 0.15) is 80.8 Å². The highest BCUT2D eigenvalue weighted by atomic mass is 32.2. The first-order valence-corrected chi connectivity index (χ1v) is 48.3. The Balaban J connectivity index is 0.000000257. The van der Waals surface area contributed by atoms with E-state index in [1.165, 1.54) is 0 Å². The quantitative estimate of drug-likeness (QED) is 0.00557. The number of rotatable bonds is 31. The topological polar surface area (TPSA) is 523 Å². The molecule has 0 aromatic heterocycles. The number of benzene rings is 4. The summed E-state index contributed by atoms with van der Waals surface area (Å²) in [4.78, 5) is 89.3. The molecule has 4 saturated heterocycles. The molecule has 4 aliphatic carbocycles. The number of ether oxygens (including phenoxy) is 5. The van der Waals surface area contributed by atoms with E-state index in [0.717, 1.165) is 286 Å². The van der Waals surface area contributed by atoms with Gasteiger partial charge in [-0.3, -0.25) is 46.2 Å². The number of anilines is 4. The number of esters is 1. The molecule has 4 heterocycles. The second kappa shape index (κ2) is 62.5. The number of nitrogens with one attached hydrogen (secondary N) is 13. The fourth-order valence-electron chi connectivity index (χ4n) is 15.0. The normalized spacial score (nSPS) is 17.9. The number of carboxylic acids is 1. The third kappa shape index (κ3) is 43.0. The van der Waals surface area contributed by atoms with Gasteiger partial charge >= 0.3 is 11.9 Å². The van der Waals surface area contributed by atoms with Crippen LogP contribution in [0.15, 0.2) is 119 Å². The maximum Gasteiger partial charge on any atom is 0.317 e. The van der Waals surface area contributed by atoms with E-state index in [0.29, 0.717) is 81.7 Å². The predicted octanol–water partition coefficient (Wildman–Crippen LogP) is 9.07. The average molecular weight is 1980 g/mol. The lowest BCUT2D eigenvalue weighted by molar-refractivity contribution is -0.137. The zero-order valence-corrected chi connectivity index (χ0v) is 78.1. The summed E-state index contributed by atoms with van der Waals surface area (Å²) in [5, 5.41) is 64.5. The van der Waals surface area contributed by atoms with Crippen molar-refractivity contribution in [2.75, 3.05) is 157 Å². The van der Waals surface area contributed by atoms with E-state index in [1.54, 1.807) is 6.92 Å². The van der Waals surface area contributed by atoms with E-state index >= 15 is 0 Å². The molecular formula is C89H120F8N17O19S3-3. The molecule has 14 N–H and O–H groups in total. The lowest BCUT2D eigenvalue weighted by Gasteiger charge is -2.32. The molecule has 0 spiro atoms. The van der Waals surface area contributed by atoms with Gasteiger partial charge in [0, 0.05) is 183 Å². The molecular weight excluding hydrogens is 1860 g/mol. The fourth-order valence-corrected chi connectivity index (χ4v) is 15.8. The predicted molar refractivity (Wildman–Crippen MR) is 492 cm³/mol. The third-order valence-corrected chi connectivity index (χ3v) is 22.7. The van der Waals surface area contributed by atoms with Gasteiger partial charge in [-0.2, -0.15) is 0 Å². The SMILES string of the molecule is CCNC(=O)CS(=O)[O-].COC(=O)CS(=O)[O-].N=C/C(=C(/OC1CCCCC1)C(=O)Nc1cc(F)cc(F)c1)N1CCNCC1.N=C/C(=C(/OC1CCCCC1)C(=O)Nc1cc(F)cc(F)c1)N1CCNCC1.N=C/C(=C(/OC1CCCCC1)C(=O)Nc1cc(F)cc(F)c1)N1CCNCC1.N=C/C(=C(/OC1CCCCC1)C(=O)Nc1cc(F)cc(F)c1)N1CCNCC1.O=C(O)CS(=O)[O-]. The Labute approximate surface area is 791 Å². The van der Waals surface area contributed by atoms with E-state index in [9.17, 15) is 95.0 Å². The van der Waals surface area contributed by atoms with Crippen molar-refractivity contribution in [1.29, 1.82) is 21.6 Å². The Hall–Kier alpha value is -11.2. The van der Waals surface area contributed by atoms with Crippen molar-refractivity contribution in [3.05, 3.63) is 165 Å². The molecule has 752 valence electrons. The van der Waals surface area contributed by atoms with Crippen LogP contribution in [0.3, 0.4) is 0 Å². The monoisotopic (exact) mass is 1980 g/mol. The molecule has 3 unspecified atom stereocenters.